The molecule has 0 spiro atoms. The maximum atomic E-state index is 8.51. The Labute approximate surface area is 124 Å². The fourth-order valence-corrected chi connectivity index (χ4v) is 2.71. The van der Waals surface area contributed by atoms with Gasteiger partial charge in [-0.2, -0.15) is 5.26 Å². The average molecular weight is 291 g/mol. The topological polar surface area (TPSA) is 60.2 Å². The summed E-state index contributed by atoms with van der Waals surface area (Å²) < 4.78 is 0. The van der Waals surface area contributed by atoms with Crippen LogP contribution in [0.2, 0.25) is 5.02 Å². The molecule has 1 aromatic carbocycles. The molecule has 0 aromatic heterocycles. The van der Waals surface area contributed by atoms with Gasteiger partial charge in [0.2, 0.25) is 5.96 Å². The van der Waals surface area contributed by atoms with Crippen molar-refractivity contribution >= 4 is 17.6 Å². The van der Waals surface area contributed by atoms with Crippen LogP contribution in [-0.2, 0) is 0 Å². The zero-order valence-corrected chi connectivity index (χ0v) is 12.3. The maximum Gasteiger partial charge on any atom is 0.204 e. The molecular formula is C15H19ClN4. The van der Waals surface area contributed by atoms with Crippen LogP contribution in [0, 0.1) is 17.4 Å². The Morgan fingerprint density at radius 3 is 3.10 bits per heavy atom. The first kappa shape index (κ1) is 14.7. The van der Waals surface area contributed by atoms with Gasteiger partial charge in [-0.15, -0.1) is 0 Å². The van der Waals surface area contributed by atoms with Crippen molar-refractivity contribution < 1.29 is 0 Å². The van der Waals surface area contributed by atoms with Crippen molar-refractivity contribution in [3.63, 3.8) is 0 Å². The molecule has 106 valence electrons. The number of benzene rings is 1. The molecule has 1 aromatic rings. The molecule has 20 heavy (non-hydrogen) atoms. The predicted octanol–water partition coefficient (Wildman–Crippen LogP) is 2.87. The van der Waals surface area contributed by atoms with Crippen LogP contribution in [0.15, 0.2) is 29.3 Å². The summed E-state index contributed by atoms with van der Waals surface area (Å²) in [5, 5.41) is 15.0. The van der Waals surface area contributed by atoms with E-state index >= 15 is 0 Å². The van der Waals surface area contributed by atoms with E-state index in [1.54, 1.807) is 7.05 Å². The van der Waals surface area contributed by atoms with Gasteiger partial charge in [0.05, 0.1) is 0 Å². The molecule has 1 saturated carbocycles. The van der Waals surface area contributed by atoms with Gasteiger partial charge in [-0.25, -0.2) is 0 Å². The number of nitrogens with zero attached hydrogens (tertiary/aromatic N) is 2. The third kappa shape index (κ3) is 4.14. The van der Waals surface area contributed by atoms with Crippen LogP contribution in [0.5, 0.6) is 0 Å². The van der Waals surface area contributed by atoms with Gasteiger partial charge in [-0.1, -0.05) is 23.7 Å². The van der Waals surface area contributed by atoms with Crippen molar-refractivity contribution in [2.45, 2.75) is 25.2 Å². The average Bonchev–Trinajstić information content (AvgIpc) is 3.22. The predicted molar refractivity (Wildman–Crippen MR) is 81.6 cm³/mol. The van der Waals surface area contributed by atoms with Gasteiger partial charge in [-0.05, 0) is 48.8 Å². The molecule has 0 amide bonds. The lowest BCUT2D eigenvalue weighted by atomic mass is 10.1. The number of guanidine groups is 1. The summed E-state index contributed by atoms with van der Waals surface area (Å²) in [6.07, 6.45) is 5.38. The highest BCUT2D eigenvalue weighted by atomic mass is 35.5. The smallest absolute Gasteiger partial charge is 0.204 e. The molecule has 0 radical (unpaired) electrons. The largest absolute Gasteiger partial charge is 0.356 e. The van der Waals surface area contributed by atoms with Gasteiger partial charge in [0.15, 0.2) is 6.19 Å². The van der Waals surface area contributed by atoms with Crippen LogP contribution < -0.4 is 10.6 Å². The summed E-state index contributed by atoms with van der Waals surface area (Å²) in [5.41, 5.74) is 1.36. The second-order valence-electron chi connectivity index (χ2n) is 5.04. The highest BCUT2D eigenvalue weighted by Gasteiger charge is 2.37. The van der Waals surface area contributed by atoms with E-state index in [0.717, 1.165) is 23.9 Å². The van der Waals surface area contributed by atoms with Crippen LogP contribution in [0.4, 0.5) is 0 Å². The molecule has 0 saturated heterocycles. The molecule has 2 N–H and O–H groups in total. The van der Waals surface area contributed by atoms with E-state index in [1.807, 2.05) is 18.3 Å². The van der Waals surface area contributed by atoms with Gasteiger partial charge in [0.25, 0.3) is 0 Å². The van der Waals surface area contributed by atoms with Crippen LogP contribution in [-0.4, -0.2) is 19.6 Å². The standard InChI is InChI=1S/C15H19ClN4/c1-18-15(20-10-17)19-7-3-5-12-9-14(12)11-4-2-6-13(16)8-11/h2,4,6,8,12,14H,3,5,7,9H2,1H3,(H2,18,19,20)/t12-,14+/m0/s1. The summed E-state index contributed by atoms with van der Waals surface area (Å²) >= 11 is 6.02. The molecular weight excluding hydrogens is 272 g/mol. The van der Waals surface area contributed by atoms with Crippen LogP contribution in [0.3, 0.4) is 0 Å². The minimum Gasteiger partial charge on any atom is -0.356 e. The highest BCUT2D eigenvalue weighted by Crippen LogP contribution is 2.50. The summed E-state index contributed by atoms with van der Waals surface area (Å²) in [6.45, 7) is 0.833. The van der Waals surface area contributed by atoms with Gasteiger partial charge < -0.3 is 5.32 Å². The Balaban J connectivity index is 1.67. The fraction of sp³-hybridized carbons (Fsp3) is 0.467. The molecule has 1 aliphatic carbocycles. The molecule has 1 aliphatic rings. The van der Waals surface area contributed by atoms with E-state index < -0.39 is 0 Å². The van der Waals surface area contributed by atoms with E-state index in [0.29, 0.717) is 11.9 Å². The normalized spacial score (nSPS) is 21.1. The molecule has 0 unspecified atom stereocenters. The summed E-state index contributed by atoms with van der Waals surface area (Å²) in [5.74, 6) is 1.97. The number of rotatable bonds is 5. The van der Waals surface area contributed by atoms with E-state index in [2.05, 4.69) is 27.8 Å². The number of halogens is 1. The molecule has 4 nitrogen and oxygen atoms in total. The molecule has 5 heteroatoms. The highest BCUT2D eigenvalue weighted by molar-refractivity contribution is 6.30. The third-order valence-electron chi connectivity index (χ3n) is 3.64. The minimum atomic E-state index is 0.537. The first-order valence-corrected chi connectivity index (χ1v) is 7.23. The van der Waals surface area contributed by atoms with E-state index in [4.69, 9.17) is 16.9 Å². The van der Waals surface area contributed by atoms with Crippen molar-refractivity contribution in [2.75, 3.05) is 13.6 Å². The number of nitriles is 1. The van der Waals surface area contributed by atoms with Crippen molar-refractivity contribution in [1.82, 2.24) is 10.6 Å². The van der Waals surface area contributed by atoms with E-state index in [9.17, 15) is 0 Å². The first-order chi connectivity index (χ1) is 9.74. The molecule has 2 rings (SSSR count). The summed E-state index contributed by atoms with van der Waals surface area (Å²) in [6, 6.07) is 8.17. The van der Waals surface area contributed by atoms with Gasteiger partial charge >= 0.3 is 0 Å². The van der Waals surface area contributed by atoms with Gasteiger partial charge in [-0.3, -0.25) is 10.3 Å². The monoisotopic (exact) mass is 290 g/mol. The molecule has 0 heterocycles. The Morgan fingerprint density at radius 2 is 2.40 bits per heavy atom. The van der Waals surface area contributed by atoms with Crippen LogP contribution in [0.1, 0.15) is 30.7 Å². The van der Waals surface area contributed by atoms with Crippen molar-refractivity contribution in [3.8, 4) is 6.19 Å². The quantitative estimate of drug-likeness (QED) is 0.288. The zero-order chi connectivity index (χ0) is 14.4. The SMILES string of the molecule is CN=C(NC#N)NCCC[C@H]1C[C@@H]1c1cccc(Cl)c1. The van der Waals surface area contributed by atoms with Crippen LogP contribution >= 0.6 is 11.6 Å². The summed E-state index contributed by atoms with van der Waals surface area (Å²) in [4.78, 5) is 3.94. The first-order valence-electron chi connectivity index (χ1n) is 6.86. The molecule has 2 atom stereocenters. The van der Waals surface area contributed by atoms with E-state index in [-0.39, 0.29) is 0 Å². The second kappa shape index (κ2) is 7.16. The van der Waals surface area contributed by atoms with Crippen molar-refractivity contribution in [1.29, 1.82) is 5.26 Å². The Morgan fingerprint density at radius 1 is 1.55 bits per heavy atom. The van der Waals surface area contributed by atoms with Crippen molar-refractivity contribution in [3.05, 3.63) is 34.9 Å². The minimum absolute atomic E-state index is 0.537. The Kier molecular flexibility index (Phi) is 5.25. The maximum absolute atomic E-state index is 8.51. The number of hydrogen-bond donors (Lipinski definition) is 2. The lowest BCUT2D eigenvalue weighted by Gasteiger charge is -2.06. The number of nitrogens with one attached hydrogen (secondary N) is 2. The zero-order valence-electron chi connectivity index (χ0n) is 11.6. The van der Waals surface area contributed by atoms with Gasteiger partial charge in [0.1, 0.15) is 0 Å². The second-order valence-corrected chi connectivity index (χ2v) is 5.47. The van der Waals surface area contributed by atoms with Crippen LogP contribution in [0.25, 0.3) is 0 Å². The molecule has 0 aliphatic heterocycles. The Hall–Kier alpha value is -1.73. The van der Waals surface area contributed by atoms with Crippen molar-refractivity contribution in [2.24, 2.45) is 10.9 Å². The summed E-state index contributed by atoms with van der Waals surface area (Å²) in [7, 11) is 1.66. The molecule has 1 fully saturated rings. The Bertz CT molecular complexity index is 521. The lowest BCUT2D eigenvalue weighted by molar-refractivity contribution is 0.635. The van der Waals surface area contributed by atoms with E-state index in [1.165, 1.54) is 18.4 Å². The number of aliphatic imine (C=N–C) groups is 1. The van der Waals surface area contributed by atoms with Gasteiger partial charge in [0, 0.05) is 18.6 Å². The number of hydrogen-bond acceptors (Lipinski definition) is 2. The lowest BCUT2D eigenvalue weighted by Crippen LogP contribution is -2.34. The third-order valence-corrected chi connectivity index (χ3v) is 3.88. The molecule has 0 bridgehead atoms. The fourth-order valence-electron chi connectivity index (χ4n) is 2.52.